The highest BCUT2D eigenvalue weighted by Crippen LogP contribution is 2.11. The van der Waals surface area contributed by atoms with Crippen LogP contribution in [-0.4, -0.2) is 28.8 Å². The van der Waals surface area contributed by atoms with Crippen molar-refractivity contribution >= 4 is 18.2 Å². The van der Waals surface area contributed by atoms with Crippen LogP contribution in [0.15, 0.2) is 24.5 Å². The van der Waals surface area contributed by atoms with E-state index in [1.54, 1.807) is 12.4 Å². The second kappa shape index (κ2) is 5.71. The molecule has 1 N–H and O–H groups in total. The fourth-order valence-corrected chi connectivity index (χ4v) is 1.80. The van der Waals surface area contributed by atoms with Crippen molar-refractivity contribution < 1.29 is 0 Å². The smallest absolute Gasteiger partial charge is 0.129 e. The molecule has 0 atom stereocenters. The molecule has 0 unspecified atom stereocenters. The number of aromatic nitrogens is 1. The minimum Gasteiger partial charge on any atom is -0.357 e. The van der Waals surface area contributed by atoms with E-state index in [1.165, 1.54) is 19.3 Å². The largest absolute Gasteiger partial charge is 0.357 e. The third-order valence-corrected chi connectivity index (χ3v) is 2.61. The molecule has 0 aromatic carbocycles. The monoisotopic (exact) mass is 225 g/mol. The Bertz CT molecular complexity index is 307. The summed E-state index contributed by atoms with van der Waals surface area (Å²) in [6.45, 7) is 2.04. The first-order chi connectivity index (χ1) is 6.88. The Hall–Kier alpha value is -1.09. The second-order valence-corrected chi connectivity index (χ2v) is 3.64. The van der Waals surface area contributed by atoms with E-state index in [-0.39, 0.29) is 12.4 Å². The Morgan fingerprint density at radius 3 is 2.60 bits per heavy atom. The average Bonchev–Trinajstić information content (AvgIpc) is 2.30. The van der Waals surface area contributed by atoms with Crippen LogP contribution >= 0.6 is 12.4 Å². The minimum atomic E-state index is 0. The van der Waals surface area contributed by atoms with Crippen LogP contribution in [0.5, 0.6) is 0 Å². The lowest BCUT2D eigenvalue weighted by Crippen LogP contribution is -2.35. The molecule has 1 saturated heterocycles. The van der Waals surface area contributed by atoms with Crippen molar-refractivity contribution in [2.45, 2.75) is 19.3 Å². The van der Waals surface area contributed by atoms with Crippen molar-refractivity contribution in [3.8, 4) is 0 Å². The Labute approximate surface area is 96.4 Å². The summed E-state index contributed by atoms with van der Waals surface area (Å²) in [5.41, 5.74) is 0.925. The molecule has 1 aliphatic heterocycles. The molecule has 0 radical (unpaired) electrons. The van der Waals surface area contributed by atoms with Gasteiger partial charge in [0.1, 0.15) is 5.84 Å². The second-order valence-electron chi connectivity index (χ2n) is 3.64. The summed E-state index contributed by atoms with van der Waals surface area (Å²) >= 11 is 0. The lowest BCUT2D eigenvalue weighted by molar-refractivity contribution is 0.341. The van der Waals surface area contributed by atoms with E-state index < -0.39 is 0 Å². The first kappa shape index (κ1) is 12.0. The maximum Gasteiger partial charge on any atom is 0.129 e. The molecule has 1 aromatic rings. The number of pyridine rings is 1. The third kappa shape index (κ3) is 2.93. The van der Waals surface area contributed by atoms with Crippen LogP contribution in [-0.2, 0) is 0 Å². The predicted molar refractivity (Wildman–Crippen MR) is 63.7 cm³/mol. The third-order valence-electron chi connectivity index (χ3n) is 2.61. The Kier molecular flexibility index (Phi) is 4.56. The van der Waals surface area contributed by atoms with Crippen LogP contribution in [0.2, 0.25) is 0 Å². The summed E-state index contributed by atoms with van der Waals surface area (Å²) < 4.78 is 0. The van der Waals surface area contributed by atoms with Crippen LogP contribution in [0, 0.1) is 5.41 Å². The summed E-state index contributed by atoms with van der Waals surface area (Å²) in [7, 11) is 0. The maximum absolute atomic E-state index is 8.01. The molecule has 2 rings (SSSR count). The molecule has 3 nitrogen and oxygen atoms in total. The van der Waals surface area contributed by atoms with Gasteiger partial charge in [0.2, 0.25) is 0 Å². The van der Waals surface area contributed by atoms with Crippen molar-refractivity contribution in [1.82, 2.24) is 9.88 Å². The number of halogens is 1. The zero-order valence-corrected chi connectivity index (χ0v) is 9.46. The van der Waals surface area contributed by atoms with Gasteiger partial charge in [0, 0.05) is 31.0 Å². The van der Waals surface area contributed by atoms with Crippen LogP contribution in [0.4, 0.5) is 0 Å². The minimum absolute atomic E-state index is 0. The highest BCUT2D eigenvalue weighted by atomic mass is 35.5. The van der Waals surface area contributed by atoms with Crippen molar-refractivity contribution in [2.24, 2.45) is 0 Å². The summed E-state index contributed by atoms with van der Waals surface area (Å²) in [4.78, 5) is 6.17. The highest BCUT2D eigenvalue weighted by Gasteiger charge is 2.14. The molecule has 2 heterocycles. The van der Waals surface area contributed by atoms with Gasteiger partial charge in [-0.15, -0.1) is 12.4 Å². The van der Waals surface area contributed by atoms with E-state index in [2.05, 4.69) is 9.88 Å². The number of hydrogen-bond acceptors (Lipinski definition) is 2. The predicted octanol–water partition coefficient (Wildman–Crippen LogP) is 2.31. The zero-order valence-electron chi connectivity index (χ0n) is 8.65. The molecule has 82 valence electrons. The summed E-state index contributed by atoms with van der Waals surface area (Å²) in [6, 6.07) is 3.83. The van der Waals surface area contributed by atoms with Crippen molar-refractivity contribution in [3.63, 3.8) is 0 Å². The van der Waals surface area contributed by atoms with Crippen molar-refractivity contribution in [2.75, 3.05) is 13.1 Å². The van der Waals surface area contributed by atoms with Gasteiger partial charge >= 0.3 is 0 Å². The molecule has 1 aliphatic rings. The Balaban J connectivity index is 0.00000112. The number of piperidine rings is 1. The van der Waals surface area contributed by atoms with Crippen LogP contribution in [0.25, 0.3) is 0 Å². The van der Waals surface area contributed by atoms with E-state index in [4.69, 9.17) is 5.41 Å². The average molecular weight is 226 g/mol. The number of hydrogen-bond donors (Lipinski definition) is 1. The quantitative estimate of drug-likeness (QED) is 0.589. The number of rotatable bonds is 1. The number of likely N-dealkylation sites (tertiary alicyclic amines) is 1. The SMILES string of the molecule is Cl.N=C(c1cccnc1)N1CCCCC1. The van der Waals surface area contributed by atoms with Crippen LogP contribution < -0.4 is 0 Å². The fraction of sp³-hybridized carbons (Fsp3) is 0.455. The molecule has 1 aromatic heterocycles. The van der Waals surface area contributed by atoms with Gasteiger partial charge in [-0.2, -0.15) is 0 Å². The molecule has 0 bridgehead atoms. The molecule has 15 heavy (non-hydrogen) atoms. The summed E-state index contributed by atoms with van der Waals surface area (Å²) in [5, 5.41) is 8.01. The molecule has 4 heteroatoms. The van der Waals surface area contributed by atoms with E-state index in [9.17, 15) is 0 Å². The molecule has 0 amide bonds. The Morgan fingerprint density at radius 2 is 2.00 bits per heavy atom. The topological polar surface area (TPSA) is 40.0 Å². The van der Waals surface area contributed by atoms with Crippen molar-refractivity contribution in [3.05, 3.63) is 30.1 Å². The first-order valence-electron chi connectivity index (χ1n) is 5.12. The van der Waals surface area contributed by atoms with Gasteiger partial charge < -0.3 is 4.90 Å². The normalized spacial score (nSPS) is 15.6. The summed E-state index contributed by atoms with van der Waals surface area (Å²) in [6.07, 6.45) is 7.23. The molecule has 0 saturated carbocycles. The van der Waals surface area contributed by atoms with Crippen LogP contribution in [0.3, 0.4) is 0 Å². The van der Waals surface area contributed by atoms with E-state index >= 15 is 0 Å². The Morgan fingerprint density at radius 1 is 1.27 bits per heavy atom. The standard InChI is InChI=1S/C11H15N3.ClH/c12-11(10-5-4-6-13-9-10)14-7-2-1-3-8-14;/h4-6,9,12H,1-3,7-8H2;1H. The molecule has 0 spiro atoms. The fourth-order valence-electron chi connectivity index (χ4n) is 1.80. The molecule has 0 aliphatic carbocycles. The van der Waals surface area contributed by atoms with Gasteiger partial charge in [-0.05, 0) is 31.4 Å². The molecular weight excluding hydrogens is 210 g/mol. The van der Waals surface area contributed by atoms with E-state index in [0.717, 1.165) is 18.7 Å². The van der Waals surface area contributed by atoms with Gasteiger partial charge in [0.05, 0.1) is 0 Å². The van der Waals surface area contributed by atoms with E-state index in [1.807, 2.05) is 12.1 Å². The van der Waals surface area contributed by atoms with E-state index in [0.29, 0.717) is 5.84 Å². The lowest BCUT2D eigenvalue weighted by Gasteiger charge is -2.28. The number of nitrogens with one attached hydrogen (secondary N) is 1. The van der Waals surface area contributed by atoms with Gasteiger partial charge in [-0.25, -0.2) is 0 Å². The zero-order chi connectivity index (χ0) is 9.80. The highest BCUT2D eigenvalue weighted by molar-refractivity contribution is 5.96. The molecular formula is C11H16ClN3. The van der Waals surface area contributed by atoms with Gasteiger partial charge in [0.15, 0.2) is 0 Å². The number of amidine groups is 1. The molecule has 1 fully saturated rings. The summed E-state index contributed by atoms with van der Waals surface area (Å²) in [5.74, 6) is 0.623. The van der Waals surface area contributed by atoms with Gasteiger partial charge in [-0.3, -0.25) is 10.4 Å². The van der Waals surface area contributed by atoms with Gasteiger partial charge in [-0.1, -0.05) is 0 Å². The van der Waals surface area contributed by atoms with Crippen molar-refractivity contribution in [1.29, 1.82) is 5.41 Å². The first-order valence-corrected chi connectivity index (χ1v) is 5.12. The maximum atomic E-state index is 8.01. The van der Waals surface area contributed by atoms with Crippen LogP contribution in [0.1, 0.15) is 24.8 Å². The lowest BCUT2D eigenvalue weighted by atomic mass is 10.1. The number of nitrogens with zero attached hydrogens (tertiary/aromatic N) is 2. The van der Waals surface area contributed by atoms with Gasteiger partial charge in [0.25, 0.3) is 0 Å².